The summed E-state index contributed by atoms with van der Waals surface area (Å²) in [6, 6.07) is 6.86. The van der Waals surface area contributed by atoms with E-state index in [4.69, 9.17) is 0 Å². The fourth-order valence-electron chi connectivity index (χ4n) is 3.57. The minimum atomic E-state index is -3.44. The number of amides is 2. The average molecular weight is 437 g/mol. The molecular weight excluding hydrogens is 404 g/mol. The lowest BCUT2D eigenvalue weighted by molar-refractivity contribution is -0.131. The van der Waals surface area contributed by atoms with Crippen LogP contribution in [0.15, 0.2) is 29.2 Å². The quantitative estimate of drug-likeness (QED) is 0.595. The molecule has 2 fully saturated rings. The van der Waals surface area contributed by atoms with E-state index >= 15 is 0 Å². The molecule has 0 spiro atoms. The van der Waals surface area contributed by atoms with Gasteiger partial charge in [0.15, 0.2) is 0 Å². The molecule has 1 aromatic rings. The Bertz CT molecular complexity index is 837. The third-order valence-electron chi connectivity index (χ3n) is 5.44. The Morgan fingerprint density at radius 2 is 1.80 bits per heavy atom. The molecule has 2 aliphatic rings. The van der Waals surface area contributed by atoms with E-state index in [1.165, 1.54) is 0 Å². The molecule has 1 saturated carbocycles. The number of hydrogen-bond donors (Lipinski definition) is 2. The molecule has 3 rings (SSSR count). The predicted octanol–water partition coefficient (Wildman–Crippen LogP) is 0.730. The first-order valence-corrected chi connectivity index (χ1v) is 12.2. The van der Waals surface area contributed by atoms with Crippen molar-refractivity contribution < 1.29 is 18.0 Å². The highest BCUT2D eigenvalue weighted by atomic mass is 32.2. The smallest absolute Gasteiger partial charge is 0.240 e. The standard InChI is InChI=1S/C21H32N4O4S/c1-2-22-20(26)16-24-12-3-13-25(15-14-24)21(27)11-6-17-4-9-19(10-5-17)30(28,29)23-18-7-8-18/h4-5,9-10,18,23H,2-3,6-8,11-16H2,1H3,(H,22,26). The van der Waals surface area contributed by atoms with Gasteiger partial charge in [0, 0.05) is 45.2 Å². The molecule has 166 valence electrons. The van der Waals surface area contributed by atoms with E-state index in [9.17, 15) is 18.0 Å². The number of aryl methyl sites for hydroxylation is 1. The molecule has 1 saturated heterocycles. The van der Waals surface area contributed by atoms with E-state index in [2.05, 4.69) is 14.9 Å². The van der Waals surface area contributed by atoms with Crippen LogP contribution in [0, 0.1) is 0 Å². The Morgan fingerprint density at radius 1 is 1.07 bits per heavy atom. The molecule has 2 amide bonds. The minimum Gasteiger partial charge on any atom is -0.355 e. The summed E-state index contributed by atoms with van der Waals surface area (Å²) in [6.45, 7) is 5.74. The fourth-order valence-corrected chi connectivity index (χ4v) is 4.87. The zero-order valence-corrected chi connectivity index (χ0v) is 18.4. The molecule has 1 aliphatic carbocycles. The Morgan fingerprint density at radius 3 is 2.47 bits per heavy atom. The van der Waals surface area contributed by atoms with Gasteiger partial charge in [-0.05, 0) is 50.3 Å². The molecule has 1 aliphatic heterocycles. The lowest BCUT2D eigenvalue weighted by Gasteiger charge is -2.21. The molecular formula is C21H32N4O4S. The van der Waals surface area contributed by atoms with Crippen LogP contribution in [-0.2, 0) is 26.0 Å². The number of likely N-dealkylation sites (N-methyl/N-ethyl adjacent to an activating group) is 1. The van der Waals surface area contributed by atoms with Crippen LogP contribution < -0.4 is 10.0 Å². The maximum Gasteiger partial charge on any atom is 0.240 e. The normalized spacial score (nSPS) is 18.1. The molecule has 9 heteroatoms. The van der Waals surface area contributed by atoms with E-state index < -0.39 is 10.0 Å². The van der Waals surface area contributed by atoms with Gasteiger partial charge in [0.1, 0.15) is 0 Å². The second-order valence-corrected chi connectivity index (χ2v) is 9.72. The van der Waals surface area contributed by atoms with E-state index in [-0.39, 0.29) is 22.8 Å². The van der Waals surface area contributed by atoms with Crippen LogP contribution in [0.4, 0.5) is 0 Å². The number of carbonyl (C=O) groups excluding carboxylic acids is 2. The van der Waals surface area contributed by atoms with Crippen molar-refractivity contribution in [3.63, 3.8) is 0 Å². The Kier molecular flexibility index (Phi) is 7.85. The molecule has 0 unspecified atom stereocenters. The number of carbonyl (C=O) groups is 2. The van der Waals surface area contributed by atoms with Gasteiger partial charge >= 0.3 is 0 Å². The summed E-state index contributed by atoms with van der Waals surface area (Å²) in [5, 5.41) is 2.81. The van der Waals surface area contributed by atoms with Crippen molar-refractivity contribution in [3.05, 3.63) is 29.8 Å². The second-order valence-electron chi connectivity index (χ2n) is 8.00. The minimum absolute atomic E-state index is 0.0232. The van der Waals surface area contributed by atoms with Crippen LogP contribution in [0.2, 0.25) is 0 Å². The Balaban J connectivity index is 1.45. The summed E-state index contributed by atoms with van der Waals surface area (Å²) in [7, 11) is -3.44. The van der Waals surface area contributed by atoms with Gasteiger partial charge in [0.2, 0.25) is 21.8 Å². The Labute approximate surface area is 179 Å². The molecule has 2 N–H and O–H groups in total. The first kappa shape index (κ1) is 22.7. The summed E-state index contributed by atoms with van der Waals surface area (Å²) in [4.78, 5) is 28.6. The number of rotatable bonds is 9. The summed E-state index contributed by atoms with van der Waals surface area (Å²) in [5.41, 5.74) is 0.946. The van der Waals surface area contributed by atoms with Crippen molar-refractivity contribution in [2.45, 2.75) is 50.0 Å². The van der Waals surface area contributed by atoms with Gasteiger partial charge in [0.25, 0.3) is 0 Å². The molecule has 8 nitrogen and oxygen atoms in total. The molecule has 30 heavy (non-hydrogen) atoms. The van der Waals surface area contributed by atoms with E-state index in [0.717, 1.165) is 31.4 Å². The van der Waals surface area contributed by atoms with E-state index in [0.29, 0.717) is 45.6 Å². The van der Waals surface area contributed by atoms with Crippen molar-refractivity contribution >= 4 is 21.8 Å². The summed E-state index contributed by atoms with van der Waals surface area (Å²) in [5.74, 6) is 0.122. The van der Waals surface area contributed by atoms with Crippen molar-refractivity contribution in [3.8, 4) is 0 Å². The van der Waals surface area contributed by atoms with Crippen molar-refractivity contribution in [1.29, 1.82) is 0 Å². The van der Waals surface area contributed by atoms with Crippen LogP contribution in [0.5, 0.6) is 0 Å². The van der Waals surface area contributed by atoms with Crippen LogP contribution in [0.1, 0.15) is 38.2 Å². The zero-order chi connectivity index (χ0) is 21.6. The SMILES string of the molecule is CCNC(=O)CN1CCCN(C(=O)CCc2ccc(S(=O)(=O)NC3CC3)cc2)CC1. The highest BCUT2D eigenvalue weighted by Gasteiger charge is 2.28. The summed E-state index contributed by atoms with van der Waals surface area (Å²) >= 11 is 0. The zero-order valence-electron chi connectivity index (χ0n) is 17.6. The third kappa shape index (κ3) is 6.78. The number of nitrogens with one attached hydrogen (secondary N) is 2. The van der Waals surface area contributed by atoms with Crippen LogP contribution >= 0.6 is 0 Å². The molecule has 0 atom stereocenters. The van der Waals surface area contributed by atoms with Gasteiger partial charge in [-0.25, -0.2) is 13.1 Å². The lowest BCUT2D eigenvalue weighted by Crippen LogP contribution is -2.40. The first-order valence-electron chi connectivity index (χ1n) is 10.8. The van der Waals surface area contributed by atoms with E-state index in [1.54, 1.807) is 24.3 Å². The number of nitrogens with zero attached hydrogens (tertiary/aromatic N) is 2. The molecule has 0 bridgehead atoms. The van der Waals surface area contributed by atoms with Crippen molar-refractivity contribution in [1.82, 2.24) is 19.8 Å². The first-order chi connectivity index (χ1) is 14.4. The fraction of sp³-hybridized carbons (Fsp3) is 0.619. The van der Waals surface area contributed by atoms with Crippen LogP contribution in [0.25, 0.3) is 0 Å². The van der Waals surface area contributed by atoms with Crippen LogP contribution in [0.3, 0.4) is 0 Å². The van der Waals surface area contributed by atoms with Gasteiger partial charge in [-0.2, -0.15) is 0 Å². The highest BCUT2D eigenvalue weighted by Crippen LogP contribution is 2.22. The molecule has 0 radical (unpaired) electrons. The number of benzene rings is 1. The highest BCUT2D eigenvalue weighted by molar-refractivity contribution is 7.89. The third-order valence-corrected chi connectivity index (χ3v) is 6.98. The number of sulfonamides is 1. The predicted molar refractivity (Wildman–Crippen MR) is 114 cm³/mol. The van der Waals surface area contributed by atoms with Gasteiger partial charge in [-0.3, -0.25) is 14.5 Å². The molecule has 1 heterocycles. The van der Waals surface area contributed by atoms with Crippen molar-refractivity contribution in [2.24, 2.45) is 0 Å². The molecule has 0 aromatic heterocycles. The summed E-state index contributed by atoms with van der Waals surface area (Å²) in [6.07, 6.45) is 3.63. The van der Waals surface area contributed by atoms with Crippen LogP contribution in [-0.4, -0.2) is 75.3 Å². The average Bonchev–Trinajstić information content (AvgIpc) is 3.54. The van der Waals surface area contributed by atoms with Gasteiger partial charge in [-0.15, -0.1) is 0 Å². The van der Waals surface area contributed by atoms with Gasteiger partial charge < -0.3 is 10.2 Å². The van der Waals surface area contributed by atoms with Gasteiger partial charge in [-0.1, -0.05) is 12.1 Å². The number of hydrogen-bond acceptors (Lipinski definition) is 5. The topological polar surface area (TPSA) is 98.8 Å². The van der Waals surface area contributed by atoms with Crippen molar-refractivity contribution in [2.75, 3.05) is 39.3 Å². The maximum atomic E-state index is 12.6. The Hall–Kier alpha value is -1.97. The van der Waals surface area contributed by atoms with Gasteiger partial charge in [0.05, 0.1) is 11.4 Å². The lowest BCUT2D eigenvalue weighted by atomic mass is 10.1. The summed E-state index contributed by atoms with van der Waals surface area (Å²) < 4.78 is 27.1. The largest absolute Gasteiger partial charge is 0.355 e. The second kappa shape index (κ2) is 10.4. The van der Waals surface area contributed by atoms with E-state index in [1.807, 2.05) is 11.8 Å². The molecule has 1 aromatic carbocycles. The maximum absolute atomic E-state index is 12.6. The monoisotopic (exact) mass is 436 g/mol.